The van der Waals surface area contributed by atoms with E-state index in [1.807, 2.05) is 0 Å². The lowest BCUT2D eigenvalue weighted by Gasteiger charge is -1.98. The predicted molar refractivity (Wildman–Crippen MR) is 42.6 cm³/mol. The Labute approximate surface area is 70.8 Å². The zero-order chi connectivity index (χ0) is 9.56. The molecular weight excluding hydrogens is 160 g/mol. The Morgan fingerprint density at radius 3 is 2.33 bits per heavy atom. The summed E-state index contributed by atoms with van der Waals surface area (Å²) < 4.78 is 4.55. The first kappa shape index (κ1) is 10.7. The van der Waals surface area contributed by atoms with Crippen LogP contribution in [0.2, 0.25) is 0 Å². The Morgan fingerprint density at radius 1 is 1.42 bits per heavy atom. The summed E-state index contributed by atoms with van der Waals surface area (Å²) in [5, 5.41) is 8.51. The van der Waals surface area contributed by atoms with Crippen molar-refractivity contribution in [3.63, 3.8) is 0 Å². The summed E-state index contributed by atoms with van der Waals surface area (Å²) in [5.74, 6) is -1.68. The molecule has 0 spiro atoms. The van der Waals surface area contributed by atoms with E-state index >= 15 is 0 Å². The van der Waals surface area contributed by atoms with Crippen molar-refractivity contribution in [1.82, 2.24) is 0 Å². The molecular formula is C8H12O4. The van der Waals surface area contributed by atoms with Crippen molar-refractivity contribution in [2.45, 2.75) is 20.3 Å². The van der Waals surface area contributed by atoms with Gasteiger partial charge in [0.2, 0.25) is 0 Å². The standard InChI is InChI=1S/C8H12O4/c1-3-6(8(10)11)5-7(9)12-4-2/h5H,3-4H2,1-2H3,(H,10,11). The number of aliphatic carboxylic acids is 1. The van der Waals surface area contributed by atoms with E-state index in [0.717, 1.165) is 6.08 Å². The van der Waals surface area contributed by atoms with Crippen molar-refractivity contribution >= 4 is 11.9 Å². The number of esters is 1. The lowest BCUT2D eigenvalue weighted by Crippen LogP contribution is -2.06. The number of rotatable bonds is 4. The summed E-state index contributed by atoms with van der Waals surface area (Å²) in [6.07, 6.45) is 1.32. The van der Waals surface area contributed by atoms with Gasteiger partial charge in [-0.2, -0.15) is 0 Å². The third-order valence-corrected chi connectivity index (χ3v) is 1.23. The highest BCUT2D eigenvalue weighted by molar-refractivity contribution is 5.95. The SMILES string of the molecule is CCOC(=O)C=C(CC)C(=O)O. The number of hydrogen-bond donors (Lipinski definition) is 1. The molecule has 0 aromatic rings. The van der Waals surface area contributed by atoms with Crippen molar-refractivity contribution < 1.29 is 19.4 Å². The molecule has 4 nitrogen and oxygen atoms in total. The van der Waals surface area contributed by atoms with Gasteiger partial charge in [0.1, 0.15) is 0 Å². The molecule has 0 fully saturated rings. The predicted octanol–water partition coefficient (Wildman–Crippen LogP) is 0.970. The molecule has 0 atom stereocenters. The third-order valence-electron chi connectivity index (χ3n) is 1.23. The fourth-order valence-corrected chi connectivity index (χ4v) is 0.641. The Bertz CT molecular complexity index is 205. The second-order valence-electron chi connectivity index (χ2n) is 2.08. The first-order chi connectivity index (χ1) is 5.61. The molecule has 4 heteroatoms. The Balaban J connectivity index is 4.28. The summed E-state index contributed by atoms with van der Waals surface area (Å²) in [6.45, 7) is 3.59. The zero-order valence-electron chi connectivity index (χ0n) is 7.16. The van der Waals surface area contributed by atoms with Crippen molar-refractivity contribution in [2.75, 3.05) is 6.61 Å². The molecule has 0 aliphatic carbocycles. The molecule has 1 N–H and O–H groups in total. The van der Waals surface area contributed by atoms with Crippen LogP contribution in [0.4, 0.5) is 0 Å². The molecule has 0 rings (SSSR count). The molecule has 0 aliphatic rings. The number of ether oxygens (including phenoxy) is 1. The first-order valence-electron chi connectivity index (χ1n) is 3.72. The van der Waals surface area contributed by atoms with Crippen molar-refractivity contribution in [3.05, 3.63) is 11.6 Å². The Hall–Kier alpha value is -1.32. The molecule has 12 heavy (non-hydrogen) atoms. The van der Waals surface area contributed by atoms with Crippen LogP contribution in [0.3, 0.4) is 0 Å². The quantitative estimate of drug-likeness (QED) is 0.507. The molecule has 0 saturated heterocycles. The monoisotopic (exact) mass is 172 g/mol. The summed E-state index contributed by atoms with van der Waals surface area (Å²) in [4.78, 5) is 21.1. The van der Waals surface area contributed by atoms with E-state index in [0.29, 0.717) is 6.42 Å². The van der Waals surface area contributed by atoms with E-state index in [9.17, 15) is 9.59 Å². The summed E-state index contributed by atoms with van der Waals surface area (Å²) in [7, 11) is 0. The van der Waals surface area contributed by atoms with Crippen molar-refractivity contribution in [2.24, 2.45) is 0 Å². The summed E-state index contributed by atoms with van der Waals surface area (Å²) in [6, 6.07) is 0. The number of carboxylic acid groups (broad SMARTS) is 1. The van der Waals surface area contributed by atoms with Gasteiger partial charge in [0.25, 0.3) is 0 Å². The highest BCUT2D eigenvalue weighted by Gasteiger charge is 2.07. The molecule has 0 radical (unpaired) electrons. The minimum absolute atomic E-state index is 0.0634. The van der Waals surface area contributed by atoms with E-state index in [2.05, 4.69) is 4.74 Å². The molecule has 0 saturated carbocycles. The molecule has 0 aromatic carbocycles. The van der Waals surface area contributed by atoms with Gasteiger partial charge in [-0.25, -0.2) is 9.59 Å². The fourth-order valence-electron chi connectivity index (χ4n) is 0.641. The maximum Gasteiger partial charge on any atom is 0.331 e. The third kappa shape index (κ3) is 3.75. The molecule has 0 bridgehead atoms. The minimum Gasteiger partial charge on any atom is -0.478 e. The van der Waals surface area contributed by atoms with Gasteiger partial charge in [-0.15, -0.1) is 0 Å². The zero-order valence-corrected chi connectivity index (χ0v) is 7.16. The van der Waals surface area contributed by atoms with E-state index in [1.165, 1.54) is 0 Å². The first-order valence-corrected chi connectivity index (χ1v) is 3.72. The van der Waals surface area contributed by atoms with E-state index in [-0.39, 0.29) is 12.2 Å². The van der Waals surface area contributed by atoms with Gasteiger partial charge in [-0.3, -0.25) is 0 Å². The topological polar surface area (TPSA) is 63.6 Å². The molecule has 0 aliphatic heterocycles. The summed E-state index contributed by atoms with van der Waals surface area (Å²) >= 11 is 0. The van der Waals surface area contributed by atoms with Gasteiger partial charge in [0.05, 0.1) is 6.61 Å². The van der Waals surface area contributed by atoms with Gasteiger partial charge in [0.15, 0.2) is 0 Å². The molecule has 0 aromatic heterocycles. The van der Waals surface area contributed by atoms with Crippen LogP contribution in [0.5, 0.6) is 0 Å². The molecule has 0 unspecified atom stereocenters. The minimum atomic E-state index is -1.08. The number of carboxylic acids is 1. The second-order valence-corrected chi connectivity index (χ2v) is 2.08. The Kier molecular flexibility index (Phi) is 4.76. The van der Waals surface area contributed by atoms with Gasteiger partial charge in [0, 0.05) is 11.6 Å². The van der Waals surface area contributed by atoms with E-state index in [1.54, 1.807) is 13.8 Å². The van der Waals surface area contributed by atoms with Crippen LogP contribution in [0.25, 0.3) is 0 Å². The van der Waals surface area contributed by atoms with Crippen LogP contribution in [0.15, 0.2) is 11.6 Å². The maximum atomic E-state index is 10.8. The largest absolute Gasteiger partial charge is 0.478 e. The Morgan fingerprint density at radius 2 is 2.00 bits per heavy atom. The number of hydrogen-bond acceptors (Lipinski definition) is 3. The van der Waals surface area contributed by atoms with Crippen LogP contribution in [-0.2, 0) is 14.3 Å². The van der Waals surface area contributed by atoms with Crippen LogP contribution < -0.4 is 0 Å². The van der Waals surface area contributed by atoms with Crippen LogP contribution >= 0.6 is 0 Å². The van der Waals surface area contributed by atoms with Gasteiger partial charge >= 0.3 is 11.9 Å². The van der Waals surface area contributed by atoms with Gasteiger partial charge in [-0.1, -0.05) is 6.92 Å². The molecule has 0 amide bonds. The van der Waals surface area contributed by atoms with Gasteiger partial charge < -0.3 is 9.84 Å². The molecule has 0 heterocycles. The number of carbonyl (C=O) groups is 2. The highest BCUT2D eigenvalue weighted by atomic mass is 16.5. The maximum absolute atomic E-state index is 10.8. The fraction of sp³-hybridized carbons (Fsp3) is 0.500. The summed E-state index contributed by atoms with van der Waals surface area (Å²) in [5.41, 5.74) is 0.0634. The van der Waals surface area contributed by atoms with Crippen LogP contribution in [0.1, 0.15) is 20.3 Å². The van der Waals surface area contributed by atoms with Crippen LogP contribution in [0, 0.1) is 0 Å². The average Bonchev–Trinajstić information content (AvgIpc) is 2.00. The highest BCUT2D eigenvalue weighted by Crippen LogP contribution is 2.00. The van der Waals surface area contributed by atoms with E-state index in [4.69, 9.17) is 5.11 Å². The normalized spacial score (nSPS) is 11.0. The van der Waals surface area contributed by atoms with Crippen molar-refractivity contribution in [1.29, 1.82) is 0 Å². The average molecular weight is 172 g/mol. The van der Waals surface area contributed by atoms with Crippen molar-refractivity contribution in [3.8, 4) is 0 Å². The molecule has 68 valence electrons. The lowest BCUT2D eigenvalue weighted by atomic mass is 10.2. The van der Waals surface area contributed by atoms with Gasteiger partial charge in [-0.05, 0) is 13.3 Å². The van der Waals surface area contributed by atoms with E-state index < -0.39 is 11.9 Å². The second kappa shape index (κ2) is 5.35. The van der Waals surface area contributed by atoms with Crippen LogP contribution in [-0.4, -0.2) is 23.7 Å². The number of carbonyl (C=O) groups excluding carboxylic acids is 1. The lowest BCUT2D eigenvalue weighted by molar-refractivity contribution is -0.138. The smallest absolute Gasteiger partial charge is 0.331 e.